The Morgan fingerprint density at radius 3 is 2.55 bits per heavy atom. The summed E-state index contributed by atoms with van der Waals surface area (Å²) in [5.41, 5.74) is 4.40. The molecule has 0 atom stereocenters. The van der Waals surface area contributed by atoms with Crippen molar-refractivity contribution in [3.05, 3.63) is 66.0 Å². The van der Waals surface area contributed by atoms with E-state index in [-0.39, 0.29) is 12.2 Å². The Labute approximate surface area is 129 Å². The van der Waals surface area contributed by atoms with Gasteiger partial charge in [0, 0.05) is 23.7 Å². The number of nitriles is 1. The zero-order valence-electron chi connectivity index (χ0n) is 12.4. The molecule has 0 aliphatic heterocycles. The Hall–Kier alpha value is -2.86. The van der Waals surface area contributed by atoms with Gasteiger partial charge in [0.25, 0.3) is 0 Å². The van der Waals surface area contributed by atoms with E-state index in [1.165, 1.54) is 0 Å². The third-order valence-electron chi connectivity index (χ3n) is 3.85. The largest absolute Gasteiger partial charge is 0.313 e. The van der Waals surface area contributed by atoms with Gasteiger partial charge in [0.05, 0.1) is 23.7 Å². The Balaban J connectivity index is 2.44. The van der Waals surface area contributed by atoms with Gasteiger partial charge in [-0.25, -0.2) is 0 Å². The van der Waals surface area contributed by atoms with E-state index < -0.39 is 0 Å². The SMILES string of the molecule is CCC(=O)c1c(-c2ccccc2)c(CC#N)c2ccccn12. The van der Waals surface area contributed by atoms with Gasteiger partial charge in [-0.15, -0.1) is 0 Å². The van der Waals surface area contributed by atoms with Gasteiger partial charge < -0.3 is 4.40 Å². The molecule has 22 heavy (non-hydrogen) atoms. The molecule has 108 valence electrons. The molecular weight excluding hydrogens is 272 g/mol. The number of hydrogen-bond donors (Lipinski definition) is 0. The molecule has 3 heteroatoms. The predicted molar refractivity (Wildman–Crippen MR) is 86.8 cm³/mol. The number of pyridine rings is 1. The molecule has 3 nitrogen and oxygen atoms in total. The third kappa shape index (κ3) is 2.19. The van der Waals surface area contributed by atoms with Crippen molar-refractivity contribution in [1.29, 1.82) is 5.26 Å². The van der Waals surface area contributed by atoms with Crippen LogP contribution >= 0.6 is 0 Å². The zero-order chi connectivity index (χ0) is 15.5. The van der Waals surface area contributed by atoms with Gasteiger partial charge in [0.1, 0.15) is 0 Å². The number of hydrogen-bond acceptors (Lipinski definition) is 2. The lowest BCUT2D eigenvalue weighted by Crippen LogP contribution is -2.03. The number of aromatic nitrogens is 1. The molecule has 0 radical (unpaired) electrons. The van der Waals surface area contributed by atoms with Crippen molar-refractivity contribution >= 4 is 11.3 Å². The zero-order valence-corrected chi connectivity index (χ0v) is 12.4. The lowest BCUT2D eigenvalue weighted by molar-refractivity contribution is 0.0983. The summed E-state index contributed by atoms with van der Waals surface area (Å²) in [6.45, 7) is 1.86. The van der Waals surface area contributed by atoms with Crippen molar-refractivity contribution in [2.75, 3.05) is 0 Å². The molecule has 0 spiro atoms. The van der Waals surface area contributed by atoms with Crippen molar-refractivity contribution < 1.29 is 4.79 Å². The number of fused-ring (bicyclic) bond motifs is 1. The van der Waals surface area contributed by atoms with Crippen LogP contribution in [0.25, 0.3) is 16.6 Å². The van der Waals surface area contributed by atoms with E-state index in [9.17, 15) is 10.1 Å². The molecule has 0 unspecified atom stereocenters. The van der Waals surface area contributed by atoms with Crippen LogP contribution in [-0.4, -0.2) is 10.2 Å². The van der Waals surface area contributed by atoms with Crippen LogP contribution in [0.3, 0.4) is 0 Å². The first-order valence-electron chi connectivity index (χ1n) is 7.35. The summed E-state index contributed by atoms with van der Waals surface area (Å²) < 4.78 is 1.92. The van der Waals surface area contributed by atoms with E-state index in [2.05, 4.69) is 6.07 Å². The van der Waals surface area contributed by atoms with Crippen LogP contribution in [0.4, 0.5) is 0 Å². The van der Waals surface area contributed by atoms with E-state index in [1.54, 1.807) is 0 Å². The minimum atomic E-state index is 0.0873. The fourth-order valence-electron chi connectivity index (χ4n) is 2.89. The molecule has 0 saturated carbocycles. The molecular formula is C19H16N2O. The first-order chi connectivity index (χ1) is 10.8. The van der Waals surface area contributed by atoms with Crippen LogP contribution in [0.5, 0.6) is 0 Å². The molecule has 0 bridgehead atoms. The van der Waals surface area contributed by atoms with Gasteiger partial charge in [0.2, 0.25) is 0 Å². The van der Waals surface area contributed by atoms with Gasteiger partial charge >= 0.3 is 0 Å². The predicted octanol–water partition coefficient (Wildman–Crippen LogP) is 4.27. The van der Waals surface area contributed by atoms with E-state index in [0.717, 1.165) is 22.2 Å². The highest BCUT2D eigenvalue weighted by atomic mass is 16.1. The van der Waals surface area contributed by atoms with Gasteiger partial charge in [-0.05, 0) is 17.7 Å². The van der Waals surface area contributed by atoms with Crippen LogP contribution < -0.4 is 0 Å². The minimum Gasteiger partial charge on any atom is -0.313 e. The highest BCUT2D eigenvalue weighted by Gasteiger charge is 2.22. The number of carbonyl (C=O) groups excluding carboxylic acids is 1. The van der Waals surface area contributed by atoms with Crippen molar-refractivity contribution in [3.63, 3.8) is 0 Å². The average molecular weight is 288 g/mol. The van der Waals surface area contributed by atoms with Gasteiger partial charge in [-0.2, -0.15) is 5.26 Å². The molecule has 0 N–H and O–H groups in total. The van der Waals surface area contributed by atoms with Gasteiger partial charge in [0.15, 0.2) is 5.78 Å². The molecule has 3 aromatic rings. The number of rotatable bonds is 4. The summed E-state index contributed by atoms with van der Waals surface area (Å²) in [7, 11) is 0. The molecule has 1 aromatic carbocycles. The van der Waals surface area contributed by atoms with Crippen LogP contribution in [0.2, 0.25) is 0 Å². The fraction of sp³-hybridized carbons (Fsp3) is 0.158. The maximum atomic E-state index is 12.5. The van der Waals surface area contributed by atoms with Crippen LogP contribution in [0, 0.1) is 11.3 Å². The summed E-state index contributed by atoms with van der Waals surface area (Å²) >= 11 is 0. The molecule has 0 saturated heterocycles. The first-order valence-corrected chi connectivity index (χ1v) is 7.35. The third-order valence-corrected chi connectivity index (χ3v) is 3.85. The Morgan fingerprint density at radius 1 is 1.14 bits per heavy atom. The lowest BCUT2D eigenvalue weighted by atomic mass is 9.97. The van der Waals surface area contributed by atoms with Crippen molar-refractivity contribution in [3.8, 4) is 17.2 Å². The molecule has 0 fully saturated rings. The highest BCUT2D eigenvalue weighted by molar-refractivity contribution is 6.04. The summed E-state index contributed by atoms with van der Waals surface area (Å²) in [6, 6.07) is 17.9. The van der Waals surface area contributed by atoms with Crippen molar-refractivity contribution in [2.45, 2.75) is 19.8 Å². The topological polar surface area (TPSA) is 45.3 Å². The number of nitrogens with zero attached hydrogens (tertiary/aromatic N) is 2. The van der Waals surface area contributed by atoms with Crippen molar-refractivity contribution in [1.82, 2.24) is 4.40 Å². The second-order valence-electron chi connectivity index (χ2n) is 5.14. The maximum absolute atomic E-state index is 12.5. The quantitative estimate of drug-likeness (QED) is 0.673. The van der Waals surface area contributed by atoms with E-state index in [1.807, 2.05) is 66.1 Å². The van der Waals surface area contributed by atoms with E-state index >= 15 is 0 Å². The fourth-order valence-corrected chi connectivity index (χ4v) is 2.89. The summed E-state index contributed by atoms with van der Waals surface area (Å²) in [6.07, 6.45) is 2.62. The highest BCUT2D eigenvalue weighted by Crippen LogP contribution is 2.34. The molecule has 0 aliphatic carbocycles. The Kier molecular flexibility index (Phi) is 3.76. The van der Waals surface area contributed by atoms with E-state index in [4.69, 9.17) is 0 Å². The Bertz CT molecular complexity index is 870. The van der Waals surface area contributed by atoms with Crippen LogP contribution in [0.1, 0.15) is 29.4 Å². The second kappa shape index (κ2) is 5.87. The van der Waals surface area contributed by atoms with Crippen molar-refractivity contribution in [2.24, 2.45) is 0 Å². The number of carbonyl (C=O) groups is 1. The first kappa shape index (κ1) is 14.1. The number of Topliss-reactive ketones (excluding diaryl/α,β-unsaturated/α-hetero) is 1. The molecule has 3 rings (SSSR count). The maximum Gasteiger partial charge on any atom is 0.179 e. The van der Waals surface area contributed by atoms with Crippen LogP contribution in [-0.2, 0) is 6.42 Å². The second-order valence-corrected chi connectivity index (χ2v) is 5.14. The van der Waals surface area contributed by atoms with Gasteiger partial charge in [-0.3, -0.25) is 4.79 Å². The lowest BCUT2D eigenvalue weighted by Gasteiger charge is -2.06. The van der Waals surface area contributed by atoms with Crippen LogP contribution in [0.15, 0.2) is 54.7 Å². The molecule has 0 amide bonds. The standard InChI is InChI=1S/C19H16N2O/c1-2-17(22)19-18(14-8-4-3-5-9-14)15(11-12-20)16-10-6-7-13-21(16)19/h3-10,13H,2,11H2,1H3. The summed E-state index contributed by atoms with van der Waals surface area (Å²) in [5.74, 6) is 0.0873. The number of benzene rings is 1. The Morgan fingerprint density at radius 2 is 1.86 bits per heavy atom. The smallest absolute Gasteiger partial charge is 0.179 e. The average Bonchev–Trinajstić information content (AvgIpc) is 2.90. The summed E-state index contributed by atoms with van der Waals surface area (Å²) in [4.78, 5) is 12.5. The molecule has 2 aromatic heterocycles. The molecule has 2 heterocycles. The van der Waals surface area contributed by atoms with E-state index in [0.29, 0.717) is 12.1 Å². The summed E-state index contributed by atoms with van der Waals surface area (Å²) in [5, 5.41) is 9.21. The monoisotopic (exact) mass is 288 g/mol. The molecule has 0 aliphatic rings. The number of ketones is 1. The van der Waals surface area contributed by atoms with Gasteiger partial charge in [-0.1, -0.05) is 43.3 Å². The normalized spacial score (nSPS) is 10.5. The minimum absolute atomic E-state index is 0.0873.